The lowest BCUT2D eigenvalue weighted by atomic mass is 10.1. The average Bonchev–Trinajstić information content (AvgIpc) is 2.74. The number of benzene rings is 2. The first-order valence-electron chi connectivity index (χ1n) is 9.89. The van der Waals surface area contributed by atoms with Crippen molar-refractivity contribution in [3.05, 3.63) is 54.1 Å². The second-order valence-corrected chi connectivity index (χ2v) is 7.03. The fraction of sp³-hybridized carbons (Fsp3) is 0.273. The number of carbonyl (C=O) groups is 4. The minimum atomic E-state index is -0.636. The van der Waals surface area contributed by atoms with Crippen molar-refractivity contribution >= 4 is 35.0 Å². The maximum absolute atomic E-state index is 12.6. The molecule has 9 heteroatoms. The number of primary amides is 1. The molecule has 162 valence electrons. The van der Waals surface area contributed by atoms with Crippen molar-refractivity contribution in [1.82, 2.24) is 5.32 Å². The Bertz CT molecular complexity index is 1010. The number of hydrogen-bond acceptors (Lipinski definition) is 5. The third kappa shape index (κ3) is 5.39. The van der Waals surface area contributed by atoms with Crippen LogP contribution >= 0.6 is 0 Å². The van der Waals surface area contributed by atoms with Crippen LogP contribution in [0.1, 0.15) is 30.1 Å². The number of fused-ring (bicyclic) bond motifs is 1. The van der Waals surface area contributed by atoms with Gasteiger partial charge in [-0.3, -0.25) is 19.2 Å². The highest BCUT2D eigenvalue weighted by molar-refractivity contribution is 6.04. The standard InChI is InChI=1S/C22H24N4O5/c1-14-22(30)26(17-8-4-5-9-18(17)31-14)13-11-20(28)25-16-7-3-2-6-15(16)21(29)24-12-10-19(23)27/h2-9,14H,10-13H2,1H3,(H2,23,27)(H,24,29)(H,25,28). The molecule has 0 saturated heterocycles. The van der Waals surface area contributed by atoms with Gasteiger partial charge in [-0.05, 0) is 31.2 Å². The van der Waals surface area contributed by atoms with E-state index >= 15 is 0 Å². The summed E-state index contributed by atoms with van der Waals surface area (Å²) in [4.78, 5) is 49.8. The summed E-state index contributed by atoms with van der Waals surface area (Å²) in [5.74, 6) is -0.922. The first-order valence-corrected chi connectivity index (χ1v) is 9.89. The molecular weight excluding hydrogens is 400 g/mol. The molecule has 9 nitrogen and oxygen atoms in total. The first kappa shape index (κ1) is 21.8. The Balaban J connectivity index is 1.64. The van der Waals surface area contributed by atoms with Gasteiger partial charge < -0.3 is 26.0 Å². The molecule has 3 rings (SSSR count). The molecule has 1 heterocycles. The number of anilines is 2. The summed E-state index contributed by atoms with van der Waals surface area (Å²) in [5.41, 5.74) is 6.30. The molecule has 1 aliphatic heterocycles. The van der Waals surface area contributed by atoms with Gasteiger partial charge >= 0.3 is 0 Å². The maximum atomic E-state index is 12.6. The minimum Gasteiger partial charge on any atom is -0.479 e. The van der Waals surface area contributed by atoms with E-state index in [1.807, 2.05) is 6.07 Å². The molecule has 0 radical (unpaired) electrons. The number of carbonyl (C=O) groups excluding carboxylic acids is 4. The molecule has 31 heavy (non-hydrogen) atoms. The molecule has 0 fully saturated rings. The van der Waals surface area contributed by atoms with Crippen LogP contribution < -0.4 is 26.0 Å². The van der Waals surface area contributed by atoms with Crippen LogP contribution in [0.4, 0.5) is 11.4 Å². The lowest BCUT2D eigenvalue weighted by molar-refractivity contribution is -0.125. The highest BCUT2D eigenvalue weighted by atomic mass is 16.5. The van der Waals surface area contributed by atoms with Gasteiger partial charge in [0.1, 0.15) is 5.75 Å². The maximum Gasteiger partial charge on any atom is 0.267 e. The van der Waals surface area contributed by atoms with E-state index in [2.05, 4.69) is 10.6 Å². The Kier molecular flexibility index (Phi) is 6.86. The summed E-state index contributed by atoms with van der Waals surface area (Å²) in [6.07, 6.45) is -0.583. The smallest absolute Gasteiger partial charge is 0.267 e. The van der Waals surface area contributed by atoms with E-state index in [0.29, 0.717) is 17.1 Å². The molecule has 1 aliphatic rings. The summed E-state index contributed by atoms with van der Waals surface area (Å²) in [5, 5.41) is 5.31. The molecule has 0 aromatic heterocycles. The van der Waals surface area contributed by atoms with E-state index in [0.717, 1.165) is 0 Å². The molecule has 1 atom stereocenters. The van der Waals surface area contributed by atoms with Gasteiger partial charge in [0, 0.05) is 25.9 Å². The van der Waals surface area contributed by atoms with E-state index in [4.69, 9.17) is 10.5 Å². The Morgan fingerprint density at radius 3 is 2.55 bits per heavy atom. The van der Waals surface area contributed by atoms with Crippen molar-refractivity contribution in [2.45, 2.75) is 25.9 Å². The minimum absolute atomic E-state index is 0.0216. The van der Waals surface area contributed by atoms with Crippen LogP contribution in [0.15, 0.2) is 48.5 Å². The number of ether oxygens (including phenoxy) is 1. The van der Waals surface area contributed by atoms with E-state index in [1.54, 1.807) is 49.4 Å². The van der Waals surface area contributed by atoms with Crippen molar-refractivity contribution in [3.63, 3.8) is 0 Å². The molecule has 0 spiro atoms. The number of nitrogens with one attached hydrogen (secondary N) is 2. The Morgan fingerprint density at radius 2 is 1.77 bits per heavy atom. The second-order valence-electron chi connectivity index (χ2n) is 7.03. The lowest BCUT2D eigenvalue weighted by Gasteiger charge is -2.32. The average molecular weight is 424 g/mol. The summed E-state index contributed by atoms with van der Waals surface area (Å²) >= 11 is 0. The Morgan fingerprint density at radius 1 is 1.06 bits per heavy atom. The van der Waals surface area contributed by atoms with Crippen LogP contribution in [0, 0.1) is 0 Å². The SMILES string of the molecule is CC1Oc2ccccc2N(CCC(=O)Nc2ccccc2C(=O)NCCC(N)=O)C1=O. The molecule has 0 aliphatic carbocycles. The van der Waals surface area contributed by atoms with Gasteiger partial charge in [0.15, 0.2) is 6.10 Å². The van der Waals surface area contributed by atoms with Crippen LogP contribution in [0.25, 0.3) is 0 Å². The Labute approximate surface area is 179 Å². The molecule has 2 aromatic rings. The van der Waals surface area contributed by atoms with Crippen LogP contribution in [0.3, 0.4) is 0 Å². The predicted octanol–water partition coefficient (Wildman–Crippen LogP) is 1.43. The number of amides is 4. The highest BCUT2D eigenvalue weighted by Crippen LogP contribution is 2.33. The first-order chi connectivity index (χ1) is 14.9. The summed E-state index contributed by atoms with van der Waals surface area (Å²) in [6.45, 7) is 1.94. The molecule has 4 amide bonds. The van der Waals surface area contributed by atoms with Gasteiger partial charge in [-0.2, -0.15) is 0 Å². The molecular formula is C22H24N4O5. The van der Waals surface area contributed by atoms with Gasteiger partial charge in [0.2, 0.25) is 11.8 Å². The number of para-hydroxylation sites is 3. The van der Waals surface area contributed by atoms with Gasteiger partial charge in [-0.1, -0.05) is 24.3 Å². The van der Waals surface area contributed by atoms with E-state index in [9.17, 15) is 19.2 Å². The van der Waals surface area contributed by atoms with Crippen LogP contribution in [0.2, 0.25) is 0 Å². The van der Waals surface area contributed by atoms with Crippen molar-refractivity contribution in [2.75, 3.05) is 23.3 Å². The summed E-state index contributed by atoms with van der Waals surface area (Å²) < 4.78 is 5.60. The van der Waals surface area contributed by atoms with Crippen LogP contribution in [-0.4, -0.2) is 42.8 Å². The largest absolute Gasteiger partial charge is 0.479 e. The van der Waals surface area contributed by atoms with Crippen molar-refractivity contribution < 1.29 is 23.9 Å². The third-order valence-corrected chi connectivity index (χ3v) is 4.74. The van der Waals surface area contributed by atoms with E-state index in [1.165, 1.54) is 4.90 Å². The Hall–Kier alpha value is -3.88. The van der Waals surface area contributed by atoms with Crippen molar-refractivity contribution in [1.29, 1.82) is 0 Å². The van der Waals surface area contributed by atoms with E-state index in [-0.39, 0.29) is 43.3 Å². The number of nitrogens with zero attached hydrogens (tertiary/aromatic N) is 1. The van der Waals surface area contributed by atoms with Crippen molar-refractivity contribution in [2.24, 2.45) is 5.73 Å². The lowest BCUT2D eigenvalue weighted by Crippen LogP contribution is -2.45. The topological polar surface area (TPSA) is 131 Å². The molecule has 1 unspecified atom stereocenters. The second kappa shape index (κ2) is 9.75. The fourth-order valence-corrected chi connectivity index (χ4v) is 3.20. The molecule has 0 saturated carbocycles. The fourth-order valence-electron chi connectivity index (χ4n) is 3.20. The monoisotopic (exact) mass is 424 g/mol. The quantitative estimate of drug-likeness (QED) is 0.590. The molecule has 0 bridgehead atoms. The van der Waals surface area contributed by atoms with Gasteiger partial charge in [0.05, 0.1) is 16.9 Å². The molecule has 4 N–H and O–H groups in total. The number of rotatable bonds is 8. The van der Waals surface area contributed by atoms with Crippen molar-refractivity contribution in [3.8, 4) is 5.75 Å². The van der Waals surface area contributed by atoms with Gasteiger partial charge in [-0.25, -0.2) is 0 Å². The van der Waals surface area contributed by atoms with Gasteiger partial charge in [0.25, 0.3) is 11.8 Å². The zero-order chi connectivity index (χ0) is 22.4. The zero-order valence-electron chi connectivity index (χ0n) is 17.1. The predicted molar refractivity (Wildman–Crippen MR) is 115 cm³/mol. The van der Waals surface area contributed by atoms with Gasteiger partial charge in [-0.15, -0.1) is 0 Å². The van der Waals surface area contributed by atoms with Crippen LogP contribution in [0.5, 0.6) is 5.75 Å². The van der Waals surface area contributed by atoms with Crippen LogP contribution in [-0.2, 0) is 14.4 Å². The zero-order valence-corrected chi connectivity index (χ0v) is 17.1. The third-order valence-electron chi connectivity index (χ3n) is 4.74. The molecule has 2 aromatic carbocycles. The summed E-state index contributed by atoms with van der Waals surface area (Å²) in [6, 6.07) is 13.7. The van der Waals surface area contributed by atoms with E-state index < -0.39 is 17.9 Å². The highest BCUT2D eigenvalue weighted by Gasteiger charge is 2.31. The number of hydrogen-bond donors (Lipinski definition) is 3. The summed E-state index contributed by atoms with van der Waals surface area (Å²) in [7, 11) is 0. The normalized spacial score (nSPS) is 14.9. The number of nitrogens with two attached hydrogens (primary N) is 1.